The van der Waals surface area contributed by atoms with E-state index < -0.39 is 15.7 Å². The van der Waals surface area contributed by atoms with Crippen molar-refractivity contribution >= 4 is 21.3 Å². The van der Waals surface area contributed by atoms with E-state index >= 15 is 0 Å². The summed E-state index contributed by atoms with van der Waals surface area (Å²) in [4.78, 5) is 8.34. The topological polar surface area (TPSA) is 102 Å². The highest BCUT2D eigenvalue weighted by Gasteiger charge is 2.33. The molecular formula is C19H23FN4O4S. The number of nitrogens with zero attached hydrogens (tertiary/aromatic N) is 2. The third-order valence-corrected chi connectivity index (χ3v) is 6.25. The molecule has 0 amide bonds. The van der Waals surface area contributed by atoms with E-state index in [9.17, 15) is 12.8 Å². The highest BCUT2D eigenvalue weighted by molar-refractivity contribution is 7.90. The van der Waals surface area contributed by atoms with Gasteiger partial charge in [0.15, 0.2) is 9.84 Å². The third kappa shape index (κ3) is 4.49. The highest BCUT2D eigenvalue weighted by atomic mass is 32.2. The molecule has 3 heterocycles. The molecule has 0 spiro atoms. The summed E-state index contributed by atoms with van der Waals surface area (Å²) >= 11 is 0. The molecule has 29 heavy (non-hydrogen) atoms. The predicted octanol–water partition coefficient (Wildman–Crippen LogP) is 1.97. The second-order valence-corrected chi connectivity index (χ2v) is 9.52. The SMILES string of the molecule is Cc1c(Nc2ccc(S(C)(=O)=O)cc2F)ncnc1OC1CC2COC[C@@H](C1)N2. The maximum Gasteiger partial charge on any atom is 0.221 e. The van der Waals surface area contributed by atoms with Crippen LogP contribution in [0.2, 0.25) is 0 Å². The third-order valence-electron chi connectivity index (χ3n) is 5.14. The Morgan fingerprint density at radius 1 is 1.24 bits per heavy atom. The molecule has 1 aromatic carbocycles. The Morgan fingerprint density at radius 3 is 2.62 bits per heavy atom. The highest BCUT2D eigenvalue weighted by Crippen LogP contribution is 2.29. The van der Waals surface area contributed by atoms with Crippen molar-refractivity contribution in [3.63, 3.8) is 0 Å². The van der Waals surface area contributed by atoms with Gasteiger partial charge in [-0.3, -0.25) is 0 Å². The number of sulfone groups is 1. The summed E-state index contributed by atoms with van der Waals surface area (Å²) in [5.74, 6) is 0.166. The largest absolute Gasteiger partial charge is 0.474 e. The summed E-state index contributed by atoms with van der Waals surface area (Å²) in [7, 11) is -3.48. The number of rotatable bonds is 5. The van der Waals surface area contributed by atoms with Gasteiger partial charge in [-0.05, 0) is 25.1 Å². The van der Waals surface area contributed by atoms with Crippen LogP contribution in [0.5, 0.6) is 5.88 Å². The summed E-state index contributed by atoms with van der Waals surface area (Å²) in [5, 5.41) is 6.42. The summed E-state index contributed by atoms with van der Waals surface area (Å²) in [6, 6.07) is 4.26. The minimum Gasteiger partial charge on any atom is -0.474 e. The fourth-order valence-corrected chi connectivity index (χ4v) is 4.31. The number of hydrogen-bond donors (Lipinski definition) is 2. The lowest BCUT2D eigenvalue weighted by Gasteiger charge is -2.39. The van der Waals surface area contributed by atoms with Crippen molar-refractivity contribution in [2.24, 2.45) is 0 Å². The van der Waals surface area contributed by atoms with Gasteiger partial charge in [-0.2, -0.15) is 0 Å². The lowest BCUT2D eigenvalue weighted by atomic mass is 9.95. The number of aromatic nitrogens is 2. The van der Waals surface area contributed by atoms with Gasteiger partial charge in [0.2, 0.25) is 5.88 Å². The van der Waals surface area contributed by atoms with Gasteiger partial charge in [0, 0.05) is 31.2 Å². The first-order chi connectivity index (χ1) is 13.8. The molecule has 4 rings (SSSR count). The zero-order chi connectivity index (χ0) is 20.6. The van der Waals surface area contributed by atoms with Crippen molar-refractivity contribution in [2.45, 2.75) is 42.8 Å². The molecule has 2 N–H and O–H groups in total. The number of morpholine rings is 1. The van der Waals surface area contributed by atoms with Gasteiger partial charge in [0.25, 0.3) is 0 Å². The fraction of sp³-hybridized carbons (Fsp3) is 0.474. The summed E-state index contributed by atoms with van der Waals surface area (Å²) in [6.07, 6.45) is 4.06. The maximum atomic E-state index is 14.4. The van der Waals surface area contributed by atoms with Crippen LogP contribution in [-0.4, -0.2) is 56.0 Å². The van der Waals surface area contributed by atoms with Crippen LogP contribution in [0.25, 0.3) is 0 Å². The van der Waals surface area contributed by atoms with Gasteiger partial charge in [0.05, 0.1) is 29.4 Å². The average molecular weight is 422 g/mol. The van der Waals surface area contributed by atoms with E-state index in [1.807, 2.05) is 0 Å². The van der Waals surface area contributed by atoms with Gasteiger partial charge in [-0.25, -0.2) is 22.8 Å². The van der Waals surface area contributed by atoms with Crippen molar-refractivity contribution in [3.05, 3.63) is 35.9 Å². The number of nitrogens with one attached hydrogen (secondary N) is 2. The molecule has 1 aromatic heterocycles. The van der Waals surface area contributed by atoms with Gasteiger partial charge in [-0.1, -0.05) is 0 Å². The molecule has 8 nitrogen and oxygen atoms in total. The molecule has 2 aromatic rings. The minimum atomic E-state index is -3.48. The Balaban J connectivity index is 1.51. The average Bonchev–Trinajstić information content (AvgIpc) is 2.65. The van der Waals surface area contributed by atoms with E-state index in [1.54, 1.807) is 6.92 Å². The molecule has 2 bridgehead atoms. The monoisotopic (exact) mass is 422 g/mol. The second-order valence-electron chi connectivity index (χ2n) is 7.50. The fourth-order valence-electron chi connectivity index (χ4n) is 3.67. The van der Waals surface area contributed by atoms with Crippen LogP contribution in [0, 0.1) is 12.7 Å². The smallest absolute Gasteiger partial charge is 0.221 e. The summed E-state index contributed by atoms with van der Waals surface area (Å²) in [5.41, 5.74) is 0.776. The first-order valence-electron chi connectivity index (χ1n) is 9.38. The van der Waals surface area contributed by atoms with Crippen molar-refractivity contribution in [1.29, 1.82) is 0 Å². The Morgan fingerprint density at radius 2 is 1.97 bits per heavy atom. The molecule has 2 fully saturated rings. The number of hydrogen-bond acceptors (Lipinski definition) is 8. The molecule has 3 atom stereocenters. The molecule has 2 aliphatic rings. The number of halogens is 1. The van der Waals surface area contributed by atoms with E-state index in [1.165, 1.54) is 18.5 Å². The Hall–Kier alpha value is -2.30. The van der Waals surface area contributed by atoms with E-state index in [4.69, 9.17) is 9.47 Å². The minimum absolute atomic E-state index is 0.0161. The van der Waals surface area contributed by atoms with Crippen LogP contribution in [-0.2, 0) is 14.6 Å². The molecule has 2 unspecified atom stereocenters. The number of benzene rings is 1. The molecular weight excluding hydrogens is 399 g/mol. The van der Waals surface area contributed by atoms with Gasteiger partial charge in [-0.15, -0.1) is 0 Å². The normalized spacial score (nSPS) is 24.2. The Bertz CT molecular complexity index is 1010. The van der Waals surface area contributed by atoms with Crippen molar-refractivity contribution in [1.82, 2.24) is 15.3 Å². The lowest BCUT2D eigenvalue weighted by molar-refractivity contribution is -0.0134. The number of piperidine rings is 1. The Labute approximate surface area is 168 Å². The van der Waals surface area contributed by atoms with Crippen LogP contribution in [0.1, 0.15) is 18.4 Å². The molecule has 0 saturated carbocycles. The van der Waals surface area contributed by atoms with Crippen LogP contribution < -0.4 is 15.4 Å². The van der Waals surface area contributed by atoms with E-state index in [0.717, 1.165) is 25.2 Å². The summed E-state index contributed by atoms with van der Waals surface area (Å²) < 4.78 is 49.2. The van der Waals surface area contributed by atoms with Crippen LogP contribution in [0.4, 0.5) is 15.9 Å². The molecule has 2 aliphatic heterocycles. The molecule has 156 valence electrons. The standard InChI is InChI=1S/C19H23FN4O4S/c1-11-18(24-17-4-3-15(7-16(17)20)29(2,25)26)21-10-22-19(11)28-14-5-12-8-27-9-13(6-14)23-12/h3-4,7,10,12-14,23H,5-6,8-9H2,1-2H3,(H,21,22,24)/t12-,13?,14?/m1/s1. The lowest BCUT2D eigenvalue weighted by Crippen LogP contribution is -2.56. The molecule has 2 saturated heterocycles. The van der Waals surface area contributed by atoms with Crippen molar-refractivity contribution in [2.75, 3.05) is 24.8 Å². The quantitative estimate of drug-likeness (QED) is 0.754. The first-order valence-corrected chi connectivity index (χ1v) is 11.3. The van der Waals surface area contributed by atoms with Gasteiger partial charge >= 0.3 is 0 Å². The maximum absolute atomic E-state index is 14.4. The van der Waals surface area contributed by atoms with Crippen molar-refractivity contribution in [3.8, 4) is 5.88 Å². The van der Waals surface area contributed by atoms with E-state index in [0.29, 0.717) is 30.5 Å². The molecule has 0 radical (unpaired) electrons. The zero-order valence-corrected chi connectivity index (χ0v) is 17.0. The number of fused-ring (bicyclic) bond motifs is 2. The number of ether oxygens (including phenoxy) is 2. The Kier molecular flexibility index (Phi) is 5.41. The van der Waals surface area contributed by atoms with Gasteiger partial charge in [0.1, 0.15) is 24.1 Å². The predicted molar refractivity (Wildman–Crippen MR) is 105 cm³/mol. The number of anilines is 2. The van der Waals surface area contributed by atoms with Crippen LogP contribution in [0.15, 0.2) is 29.4 Å². The van der Waals surface area contributed by atoms with Crippen LogP contribution >= 0.6 is 0 Å². The van der Waals surface area contributed by atoms with Crippen LogP contribution in [0.3, 0.4) is 0 Å². The van der Waals surface area contributed by atoms with E-state index in [2.05, 4.69) is 20.6 Å². The first kappa shape index (κ1) is 20.0. The van der Waals surface area contributed by atoms with E-state index in [-0.39, 0.29) is 28.8 Å². The summed E-state index contributed by atoms with van der Waals surface area (Å²) in [6.45, 7) is 3.15. The zero-order valence-electron chi connectivity index (χ0n) is 16.2. The molecule has 0 aliphatic carbocycles. The second kappa shape index (κ2) is 7.85. The van der Waals surface area contributed by atoms with Crippen molar-refractivity contribution < 1.29 is 22.3 Å². The van der Waals surface area contributed by atoms with Gasteiger partial charge < -0.3 is 20.1 Å². The molecule has 10 heteroatoms.